The second-order valence-corrected chi connectivity index (χ2v) is 17.1. The van der Waals surface area contributed by atoms with Crippen molar-refractivity contribution in [1.82, 2.24) is 40.4 Å². The molecule has 0 unspecified atom stereocenters. The van der Waals surface area contributed by atoms with Gasteiger partial charge in [0, 0.05) is 33.8 Å². The first-order valence-electron chi connectivity index (χ1n) is 21.2. The van der Waals surface area contributed by atoms with Crippen LogP contribution in [0.25, 0.3) is 33.6 Å². The summed E-state index contributed by atoms with van der Waals surface area (Å²) in [4.78, 5) is 73.3. The average molecular weight is 902 g/mol. The Labute approximate surface area is 379 Å². The molecule has 328 valence electrons. The number of nitrogens with zero attached hydrogens (tertiary/aromatic N) is 4. The van der Waals surface area contributed by atoms with Crippen LogP contribution in [0.3, 0.4) is 0 Å². The Balaban J connectivity index is 0.883. The van der Waals surface area contributed by atoms with Crippen molar-refractivity contribution in [2.75, 3.05) is 20.8 Å². The van der Waals surface area contributed by atoms with Crippen LogP contribution in [0.1, 0.15) is 79.0 Å². The van der Waals surface area contributed by atoms with Crippen LogP contribution in [0, 0.1) is 5.92 Å². The Morgan fingerprint density at radius 2 is 1.16 bits per heavy atom. The molecule has 1 saturated carbocycles. The van der Waals surface area contributed by atoms with E-state index < -0.39 is 24.3 Å². The topological polar surface area (TPSA) is 175 Å². The zero-order chi connectivity index (χ0) is 44.5. The highest BCUT2D eigenvalue weighted by Crippen LogP contribution is 2.51. The predicted octanol–water partition coefficient (Wildman–Crippen LogP) is 9.35. The van der Waals surface area contributed by atoms with Gasteiger partial charge in [-0.3, -0.25) is 9.59 Å². The molecule has 6 atom stereocenters. The highest BCUT2D eigenvalue weighted by molar-refractivity contribution is 6.32. The molecular formula is C48H46Cl2N8O6. The minimum atomic E-state index is -1.02. The molecule has 3 fully saturated rings. The second-order valence-electron chi connectivity index (χ2n) is 16.3. The fraction of sp³-hybridized carbons (Fsp3) is 0.292. The Hall–Kier alpha value is -6.64. The quantitative estimate of drug-likeness (QED) is 0.0995. The molecule has 4 aromatic carbocycles. The zero-order valence-corrected chi connectivity index (χ0v) is 36.6. The number of H-pyrrole nitrogens is 2. The number of aromatic nitrogens is 4. The fourth-order valence-corrected chi connectivity index (χ4v) is 10.1. The number of aromatic amines is 2. The van der Waals surface area contributed by atoms with Gasteiger partial charge >= 0.3 is 12.2 Å². The van der Waals surface area contributed by atoms with Crippen molar-refractivity contribution in [3.63, 3.8) is 0 Å². The van der Waals surface area contributed by atoms with Crippen LogP contribution < -0.4 is 10.6 Å². The third-order valence-corrected chi connectivity index (χ3v) is 13.4. The molecule has 4 heterocycles. The summed E-state index contributed by atoms with van der Waals surface area (Å²) >= 11 is 13.0. The van der Waals surface area contributed by atoms with Gasteiger partial charge in [-0.05, 0) is 72.4 Å². The predicted molar refractivity (Wildman–Crippen MR) is 241 cm³/mol. The lowest BCUT2D eigenvalue weighted by atomic mass is 9.96. The number of alkyl carbamates (subject to hydrolysis) is 2. The van der Waals surface area contributed by atoms with Crippen LogP contribution in [-0.4, -0.2) is 80.5 Å². The number of fused-ring (bicyclic) bond motifs is 2. The van der Waals surface area contributed by atoms with E-state index in [1.807, 2.05) is 35.4 Å². The van der Waals surface area contributed by atoms with Crippen molar-refractivity contribution in [2.45, 2.75) is 62.3 Å². The summed E-state index contributed by atoms with van der Waals surface area (Å²) in [5.41, 5.74) is 6.59. The number of ether oxygens (including phenoxy) is 2. The molecule has 14 nitrogen and oxygen atoms in total. The van der Waals surface area contributed by atoms with Gasteiger partial charge in [-0.1, -0.05) is 108 Å². The number of benzene rings is 4. The Morgan fingerprint density at radius 1 is 0.656 bits per heavy atom. The molecule has 6 aromatic rings. The maximum Gasteiger partial charge on any atom is 0.407 e. The van der Waals surface area contributed by atoms with Gasteiger partial charge in [0.05, 0.1) is 50.1 Å². The molecule has 64 heavy (non-hydrogen) atoms. The van der Waals surface area contributed by atoms with E-state index in [0.717, 1.165) is 59.3 Å². The molecule has 2 bridgehead atoms. The number of carbonyl (C=O) groups is 4. The second kappa shape index (κ2) is 18.2. The summed E-state index contributed by atoms with van der Waals surface area (Å²) < 4.78 is 9.72. The van der Waals surface area contributed by atoms with Crippen LogP contribution in [0.4, 0.5) is 9.59 Å². The van der Waals surface area contributed by atoms with Crippen molar-refractivity contribution in [2.24, 2.45) is 5.92 Å². The van der Waals surface area contributed by atoms with E-state index >= 15 is 0 Å². The molecule has 2 aliphatic heterocycles. The number of hydrogen-bond donors (Lipinski definition) is 4. The van der Waals surface area contributed by atoms with Gasteiger partial charge in [-0.15, -0.1) is 0 Å². The molecule has 2 saturated heterocycles. The van der Waals surface area contributed by atoms with Crippen LogP contribution in [0.15, 0.2) is 109 Å². The standard InChI is InChI=1S/C48H46Cl2N8O6/c1-63-47(61)55-40(33-8-3-5-10-35(33)49)45(59)57-23-7-12-39(57)43-51-25-37(53-43)29-17-13-27(14-18-29)28-15-19-30(20-16-28)38-26-52-44(54-38)42-31-21-22-32(24-31)58(42)46(60)41(56-48(62)64-2)34-9-4-6-11-36(34)50/h3-6,8-11,13-20,25-26,31-32,39-42H,7,12,21-24H2,1-2H3,(H,51,53)(H,52,54)(H,55,61)(H,56,62)/t31-,32-,39-,40+,41-,42+/m0/s1. The van der Waals surface area contributed by atoms with E-state index in [-0.39, 0.29) is 35.9 Å². The molecule has 0 radical (unpaired) electrons. The molecule has 2 aromatic heterocycles. The van der Waals surface area contributed by atoms with Crippen LogP contribution in [0.2, 0.25) is 10.0 Å². The van der Waals surface area contributed by atoms with Gasteiger partial charge < -0.3 is 39.9 Å². The monoisotopic (exact) mass is 900 g/mol. The van der Waals surface area contributed by atoms with E-state index in [9.17, 15) is 19.2 Å². The maximum absolute atomic E-state index is 14.4. The van der Waals surface area contributed by atoms with Crippen LogP contribution in [0.5, 0.6) is 0 Å². The van der Waals surface area contributed by atoms with Crippen molar-refractivity contribution in [1.29, 1.82) is 0 Å². The van der Waals surface area contributed by atoms with Gasteiger partial charge in [0.25, 0.3) is 11.8 Å². The van der Waals surface area contributed by atoms with E-state index in [4.69, 9.17) is 42.6 Å². The first kappa shape index (κ1) is 42.7. The zero-order valence-electron chi connectivity index (χ0n) is 35.1. The SMILES string of the molecule is COC(=O)N[C@H](C(=O)N1[C@H]2CC[C@@H](C2)[C@@H]1c1ncc(-c2ccc(-c3ccc(-c4cnc([C@@H]5CCCN5C(=O)[C@H](NC(=O)OC)c5ccccc5Cl)[nH]4)cc3)cc2)[nH]1)c1ccccc1Cl. The van der Waals surface area contributed by atoms with Crippen molar-refractivity contribution < 1.29 is 28.7 Å². The van der Waals surface area contributed by atoms with Gasteiger partial charge in [0.2, 0.25) is 0 Å². The number of halogens is 2. The number of imidazole rings is 2. The number of rotatable bonds is 11. The molecule has 1 aliphatic carbocycles. The number of likely N-dealkylation sites (tertiary alicyclic amines) is 2. The van der Waals surface area contributed by atoms with Gasteiger partial charge in [0.1, 0.15) is 23.7 Å². The molecule has 4 amide bonds. The van der Waals surface area contributed by atoms with E-state index in [1.165, 1.54) is 14.2 Å². The number of methoxy groups -OCH3 is 2. The molecule has 16 heteroatoms. The summed E-state index contributed by atoms with van der Waals surface area (Å²) in [5, 5.41) is 6.14. The average Bonchev–Trinajstić information content (AvgIpc) is 4.19. The molecule has 0 spiro atoms. The minimum absolute atomic E-state index is 0.0201. The summed E-state index contributed by atoms with van der Waals surface area (Å²) in [7, 11) is 2.52. The first-order valence-corrected chi connectivity index (χ1v) is 22.0. The number of amides is 4. The van der Waals surface area contributed by atoms with Crippen LogP contribution in [-0.2, 0) is 19.1 Å². The third-order valence-electron chi connectivity index (χ3n) is 12.7. The Morgan fingerprint density at radius 3 is 1.70 bits per heavy atom. The lowest BCUT2D eigenvalue weighted by Crippen LogP contribution is -2.47. The summed E-state index contributed by atoms with van der Waals surface area (Å²) in [6.45, 7) is 0.503. The Bertz CT molecular complexity index is 2690. The van der Waals surface area contributed by atoms with Crippen molar-refractivity contribution in [3.8, 4) is 33.6 Å². The highest BCUT2D eigenvalue weighted by Gasteiger charge is 2.51. The van der Waals surface area contributed by atoms with Crippen molar-refractivity contribution in [3.05, 3.63) is 142 Å². The number of carbonyl (C=O) groups excluding carboxylic acids is 4. The number of piperidine rings is 1. The summed E-state index contributed by atoms with van der Waals surface area (Å²) in [6, 6.07) is 27.7. The lowest BCUT2D eigenvalue weighted by molar-refractivity contribution is -0.138. The van der Waals surface area contributed by atoms with E-state index in [2.05, 4.69) is 44.9 Å². The minimum Gasteiger partial charge on any atom is -0.453 e. The molecule has 3 aliphatic rings. The lowest BCUT2D eigenvalue weighted by Gasteiger charge is -2.36. The normalized spacial score (nSPS) is 19.9. The third kappa shape index (κ3) is 8.30. The first-order chi connectivity index (χ1) is 31.1. The van der Waals surface area contributed by atoms with Gasteiger partial charge in [-0.2, -0.15) is 0 Å². The largest absolute Gasteiger partial charge is 0.453 e. The van der Waals surface area contributed by atoms with E-state index in [1.54, 1.807) is 59.6 Å². The fourth-order valence-electron chi connectivity index (χ4n) is 9.57. The summed E-state index contributed by atoms with van der Waals surface area (Å²) in [5.74, 6) is 1.05. The van der Waals surface area contributed by atoms with Gasteiger partial charge in [-0.25, -0.2) is 19.6 Å². The highest BCUT2D eigenvalue weighted by atomic mass is 35.5. The van der Waals surface area contributed by atoms with Gasteiger partial charge in [0.15, 0.2) is 0 Å². The molecular weight excluding hydrogens is 855 g/mol. The van der Waals surface area contributed by atoms with Crippen molar-refractivity contribution >= 4 is 47.2 Å². The molecule has 9 rings (SSSR count). The van der Waals surface area contributed by atoms with Crippen LogP contribution >= 0.6 is 23.2 Å². The smallest absolute Gasteiger partial charge is 0.407 e. The Kier molecular flexibility index (Phi) is 12.1. The molecule has 4 N–H and O–H groups in total. The van der Waals surface area contributed by atoms with E-state index in [0.29, 0.717) is 45.8 Å². The maximum atomic E-state index is 14.4. The number of hydrogen-bond acceptors (Lipinski definition) is 8. The number of nitrogens with one attached hydrogen (secondary N) is 4. The summed E-state index contributed by atoms with van der Waals surface area (Å²) in [6.07, 6.45) is 6.35.